The second-order valence-corrected chi connectivity index (χ2v) is 8.38. The summed E-state index contributed by atoms with van der Waals surface area (Å²) in [7, 11) is -2.33. The lowest BCUT2D eigenvalue weighted by molar-refractivity contribution is -0.140. The lowest BCUT2D eigenvalue weighted by Gasteiger charge is -2.35. The number of nitrogens with one attached hydrogen (secondary N) is 2. The molecule has 0 spiro atoms. The molecule has 1 aliphatic rings. The van der Waals surface area contributed by atoms with Gasteiger partial charge in [0, 0.05) is 20.2 Å². The number of nitrogens with zero attached hydrogens (tertiary/aromatic N) is 1. The van der Waals surface area contributed by atoms with Crippen molar-refractivity contribution in [2.45, 2.75) is 31.4 Å². The van der Waals surface area contributed by atoms with E-state index in [9.17, 15) is 18.0 Å². The van der Waals surface area contributed by atoms with Gasteiger partial charge >= 0.3 is 11.8 Å². The van der Waals surface area contributed by atoms with Crippen LogP contribution in [0.2, 0.25) is 0 Å². The van der Waals surface area contributed by atoms with Gasteiger partial charge in [0.25, 0.3) is 0 Å². The number of benzene rings is 1. The van der Waals surface area contributed by atoms with Gasteiger partial charge < -0.3 is 20.1 Å². The quantitative estimate of drug-likeness (QED) is 0.477. The first-order valence-corrected chi connectivity index (χ1v) is 10.5. The Kier molecular flexibility index (Phi) is 7.93. The highest BCUT2D eigenvalue weighted by molar-refractivity contribution is 7.89. The first-order valence-electron chi connectivity index (χ1n) is 9.03. The van der Waals surface area contributed by atoms with Crippen molar-refractivity contribution >= 4 is 21.8 Å². The Labute approximate surface area is 165 Å². The van der Waals surface area contributed by atoms with Crippen LogP contribution in [-0.2, 0) is 29.1 Å². The van der Waals surface area contributed by atoms with E-state index in [1.807, 2.05) is 13.0 Å². The predicted molar refractivity (Wildman–Crippen MR) is 102 cm³/mol. The highest BCUT2D eigenvalue weighted by Gasteiger charge is 2.35. The standard InChI is InChI=1S/C18H27N3O6S/c1-13-5-6-14(2)15(11-13)28(24,25)21-8-4-9-27-16(21)12-20-18(23)17(22)19-7-10-26-3/h5-6,11,16H,4,7-10,12H2,1-3H3,(H,19,22)(H,20,23). The molecule has 156 valence electrons. The second kappa shape index (κ2) is 9.97. The van der Waals surface area contributed by atoms with Gasteiger partial charge in [-0.2, -0.15) is 4.31 Å². The van der Waals surface area contributed by atoms with Gasteiger partial charge in [-0.05, 0) is 37.5 Å². The van der Waals surface area contributed by atoms with E-state index >= 15 is 0 Å². The number of methoxy groups -OCH3 is 1. The minimum Gasteiger partial charge on any atom is -0.383 e. The summed E-state index contributed by atoms with van der Waals surface area (Å²) < 4.78 is 37.9. The fourth-order valence-corrected chi connectivity index (χ4v) is 4.70. The molecule has 1 aromatic carbocycles. The SMILES string of the molecule is COCCNC(=O)C(=O)NCC1OCCCN1S(=O)(=O)c1cc(C)ccc1C. The van der Waals surface area contributed by atoms with E-state index in [2.05, 4.69) is 10.6 Å². The van der Waals surface area contributed by atoms with Crippen molar-refractivity contribution < 1.29 is 27.5 Å². The Morgan fingerprint density at radius 2 is 1.96 bits per heavy atom. The number of amides is 2. The van der Waals surface area contributed by atoms with Crippen LogP contribution in [0.5, 0.6) is 0 Å². The van der Waals surface area contributed by atoms with Gasteiger partial charge in [0.15, 0.2) is 0 Å². The number of carbonyl (C=O) groups excluding carboxylic acids is 2. The molecule has 0 radical (unpaired) electrons. The summed E-state index contributed by atoms with van der Waals surface area (Å²) in [5.74, 6) is -1.66. The van der Waals surface area contributed by atoms with E-state index < -0.39 is 28.1 Å². The van der Waals surface area contributed by atoms with Gasteiger partial charge in [0.2, 0.25) is 10.0 Å². The number of aryl methyl sites for hydroxylation is 2. The second-order valence-electron chi connectivity index (χ2n) is 6.52. The van der Waals surface area contributed by atoms with E-state index in [1.54, 1.807) is 19.1 Å². The Morgan fingerprint density at radius 3 is 2.68 bits per heavy atom. The Morgan fingerprint density at radius 1 is 1.25 bits per heavy atom. The van der Waals surface area contributed by atoms with Gasteiger partial charge in [-0.1, -0.05) is 12.1 Å². The summed E-state index contributed by atoms with van der Waals surface area (Å²) in [6.45, 7) is 4.57. The monoisotopic (exact) mass is 413 g/mol. The zero-order chi connectivity index (χ0) is 20.7. The van der Waals surface area contributed by atoms with Crippen LogP contribution >= 0.6 is 0 Å². The van der Waals surface area contributed by atoms with Gasteiger partial charge in [0.1, 0.15) is 6.23 Å². The number of rotatable bonds is 7. The fourth-order valence-electron chi connectivity index (χ4n) is 2.82. The molecule has 0 aliphatic carbocycles. The molecule has 10 heteroatoms. The van der Waals surface area contributed by atoms with E-state index in [0.717, 1.165) is 5.56 Å². The summed E-state index contributed by atoms with van der Waals surface area (Å²) in [4.78, 5) is 23.9. The molecule has 1 fully saturated rings. The van der Waals surface area contributed by atoms with Crippen LogP contribution in [0.3, 0.4) is 0 Å². The number of hydrogen-bond donors (Lipinski definition) is 2. The van der Waals surface area contributed by atoms with Gasteiger partial charge in [0.05, 0.1) is 24.7 Å². The molecule has 28 heavy (non-hydrogen) atoms. The molecule has 1 saturated heterocycles. The van der Waals surface area contributed by atoms with Crippen molar-refractivity contribution in [2.24, 2.45) is 0 Å². The average Bonchev–Trinajstić information content (AvgIpc) is 2.68. The third kappa shape index (κ3) is 5.51. The van der Waals surface area contributed by atoms with Crippen molar-refractivity contribution in [2.75, 3.05) is 40.0 Å². The minimum atomic E-state index is -3.81. The van der Waals surface area contributed by atoms with Crippen molar-refractivity contribution in [3.63, 3.8) is 0 Å². The van der Waals surface area contributed by atoms with Crippen molar-refractivity contribution in [3.8, 4) is 0 Å². The number of carbonyl (C=O) groups is 2. The molecule has 1 atom stereocenters. The first kappa shape index (κ1) is 22.3. The normalized spacial score (nSPS) is 17.9. The molecule has 2 amide bonds. The summed E-state index contributed by atoms with van der Waals surface area (Å²) in [5.41, 5.74) is 1.47. The number of hydrogen-bond acceptors (Lipinski definition) is 6. The average molecular weight is 413 g/mol. The Hall–Kier alpha value is -2.01. The number of ether oxygens (including phenoxy) is 2. The fraction of sp³-hybridized carbons (Fsp3) is 0.556. The van der Waals surface area contributed by atoms with Crippen LogP contribution in [0.1, 0.15) is 17.5 Å². The third-order valence-electron chi connectivity index (χ3n) is 4.32. The highest BCUT2D eigenvalue weighted by Crippen LogP contribution is 2.25. The van der Waals surface area contributed by atoms with Crippen LogP contribution in [-0.4, -0.2) is 70.7 Å². The van der Waals surface area contributed by atoms with Crippen LogP contribution in [0.25, 0.3) is 0 Å². The molecule has 1 unspecified atom stereocenters. The molecule has 2 rings (SSSR count). The summed E-state index contributed by atoms with van der Waals surface area (Å²) in [6, 6.07) is 5.23. The van der Waals surface area contributed by atoms with Crippen LogP contribution in [0.15, 0.2) is 23.1 Å². The summed E-state index contributed by atoms with van der Waals surface area (Å²) in [6.07, 6.45) is -0.333. The minimum absolute atomic E-state index is 0.124. The topological polar surface area (TPSA) is 114 Å². The molecule has 9 nitrogen and oxygen atoms in total. The van der Waals surface area contributed by atoms with Crippen LogP contribution in [0.4, 0.5) is 0 Å². The summed E-state index contributed by atoms with van der Waals surface area (Å²) >= 11 is 0. The van der Waals surface area contributed by atoms with Gasteiger partial charge in [-0.3, -0.25) is 9.59 Å². The maximum Gasteiger partial charge on any atom is 0.309 e. The molecule has 1 heterocycles. The first-order chi connectivity index (χ1) is 13.3. The van der Waals surface area contributed by atoms with Crippen molar-refractivity contribution in [1.29, 1.82) is 0 Å². The van der Waals surface area contributed by atoms with Crippen molar-refractivity contribution in [3.05, 3.63) is 29.3 Å². The molecular weight excluding hydrogens is 386 g/mol. The van der Waals surface area contributed by atoms with E-state index in [0.29, 0.717) is 18.6 Å². The molecule has 0 saturated carbocycles. The predicted octanol–water partition coefficient (Wildman–Crippen LogP) is -0.0807. The molecule has 0 aromatic heterocycles. The summed E-state index contributed by atoms with van der Waals surface area (Å²) in [5, 5.41) is 4.84. The van der Waals surface area contributed by atoms with Gasteiger partial charge in [-0.15, -0.1) is 0 Å². The molecule has 1 aliphatic heterocycles. The maximum atomic E-state index is 13.2. The third-order valence-corrected chi connectivity index (χ3v) is 6.35. The maximum absolute atomic E-state index is 13.2. The van der Waals surface area contributed by atoms with E-state index in [4.69, 9.17) is 9.47 Å². The van der Waals surface area contributed by atoms with Crippen LogP contribution < -0.4 is 10.6 Å². The smallest absolute Gasteiger partial charge is 0.309 e. The lowest BCUT2D eigenvalue weighted by Crippen LogP contribution is -2.53. The largest absolute Gasteiger partial charge is 0.383 e. The highest BCUT2D eigenvalue weighted by atomic mass is 32.2. The van der Waals surface area contributed by atoms with Crippen LogP contribution in [0, 0.1) is 13.8 Å². The molecule has 2 N–H and O–H groups in total. The van der Waals surface area contributed by atoms with E-state index in [1.165, 1.54) is 11.4 Å². The lowest BCUT2D eigenvalue weighted by atomic mass is 10.2. The van der Waals surface area contributed by atoms with E-state index in [-0.39, 0.29) is 31.1 Å². The zero-order valence-electron chi connectivity index (χ0n) is 16.4. The van der Waals surface area contributed by atoms with Gasteiger partial charge in [-0.25, -0.2) is 8.42 Å². The molecule has 1 aromatic rings. The number of sulfonamides is 1. The van der Waals surface area contributed by atoms with Crippen molar-refractivity contribution in [1.82, 2.24) is 14.9 Å². The Balaban J connectivity index is 2.08. The Bertz CT molecular complexity index is 812. The zero-order valence-corrected chi connectivity index (χ0v) is 17.2. The molecule has 0 bridgehead atoms. The molecular formula is C18H27N3O6S.